The first-order valence-corrected chi connectivity index (χ1v) is 15.5. The van der Waals surface area contributed by atoms with Crippen molar-refractivity contribution in [3.05, 3.63) is 153 Å². The summed E-state index contributed by atoms with van der Waals surface area (Å²) in [4.78, 5) is 0. The number of allylic oxidation sites excluding steroid dienone is 13. The second kappa shape index (κ2) is 12.1. The molecule has 5 rings (SSSR count). The molecule has 2 atom stereocenters. The van der Waals surface area contributed by atoms with Gasteiger partial charge in [0.05, 0.1) is 0 Å². The van der Waals surface area contributed by atoms with Crippen molar-refractivity contribution in [3.8, 4) is 0 Å². The van der Waals surface area contributed by atoms with Crippen LogP contribution >= 0.6 is 0 Å². The van der Waals surface area contributed by atoms with Gasteiger partial charge >= 0.3 is 0 Å². The summed E-state index contributed by atoms with van der Waals surface area (Å²) < 4.78 is 0. The number of hydrogen-bond donors (Lipinski definition) is 0. The van der Waals surface area contributed by atoms with Crippen molar-refractivity contribution >= 4 is 11.1 Å². The van der Waals surface area contributed by atoms with Gasteiger partial charge in [-0.3, -0.25) is 0 Å². The fourth-order valence-electron chi connectivity index (χ4n) is 7.27. The third kappa shape index (κ3) is 5.50. The fraction of sp³-hybridized carbons (Fsp3) is 0.317. The molecule has 0 amide bonds. The van der Waals surface area contributed by atoms with E-state index in [1.165, 1.54) is 72.4 Å². The topological polar surface area (TPSA) is 0 Å². The van der Waals surface area contributed by atoms with Gasteiger partial charge in [-0.15, -0.1) is 0 Å². The molecule has 0 heterocycles. The average Bonchev–Trinajstić information content (AvgIpc) is 3.56. The van der Waals surface area contributed by atoms with E-state index in [4.69, 9.17) is 6.58 Å². The van der Waals surface area contributed by atoms with Crippen molar-refractivity contribution in [2.75, 3.05) is 0 Å². The molecule has 0 N–H and O–H groups in total. The Morgan fingerprint density at radius 1 is 0.951 bits per heavy atom. The quantitative estimate of drug-likeness (QED) is 0.298. The van der Waals surface area contributed by atoms with Crippen LogP contribution in [0, 0.1) is 5.92 Å². The molecular formula is C41H46. The van der Waals surface area contributed by atoms with Gasteiger partial charge in [-0.05, 0) is 107 Å². The normalized spacial score (nSPS) is 21.1. The summed E-state index contributed by atoms with van der Waals surface area (Å²) in [5.74, 6) is 0.576. The fourth-order valence-corrected chi connectivity index (χ4v) is 7.27. The highest BCUT2D eigenvalue weighted by atomic mass is 14.4. The lowest BCUT2D eigenvalue weighted by Crippen LogP contribution is -2.22. The molecule has 0 heteroatoms. The lowest BCUT2D eigenvalue weighted by atomic mass is 9.68. The van der Waals surface area contributed by atoms with Crippen LogP contribution in [0.15, 0.2) is 126 Å². The van der Waals surface area contributed by atoms with Crippen LogP contribution in [0.4, 0.5) is 0 Å². The Morgan fingerprint density at radius 2 is 1.73 bits per heavy atom. The molecule has 41 heavy (non-hydrogen) atoms. The van der Waals surface area contributed by atoms with Gasteiger partial charge in [0, 0.05) is 11.8 Å². The summed E-state index contributed by atoms with van der Waals surface area (Å²) >= 11 is 0. The van der Waals surface area contributed by atoms with Crippen molar-refractivity contribution < 1.29 is 0 Å². The zero-order chi connectivity index (χ0) is 29.3. The maximum Gasteiger partial charge on any atom is 0.0203 e. The molecule has 1 fully saturated rings. The van der Waals surface area contributed by atoms with Crippen molar-refractivity contribution in [2.24, 2.45) is 5.92 Å². The Labute approximate surface area is 249 Å². The Kier molecular flexibility index (Phi) is 8.50. The van der Waals surface area contributed by atoms with E-state index < -0.39 is 0 Å². The second-order valence-electron chi connectivity index (χ2n) is 12.2. The molecule has 0 radical (unpaired) electrons. The van der Waals surface area contributed by atoms with Crippen LogP contribution in [-0.4, -0.2) is 0 Å². The minimum Gasteiger partial charge on any atom is -0.0955 e. The molecule has 0 aromatic heterocycles. The zero-order valence-electron chi connectivity index (χ0n) is 25.9. The standard InChI is InChI=1S/C41H46/c1-9-14-27(6)39-28(7)21-35-25-34(23-31-18-20-33(22-31)37-16-13-12-15-36(37)26(4)5)29(8)40(35)41(39)38-24-30(10-2)17-19-32(38)11-3/h12-13,15-21,23-24,40-41H,4,6,8-11,14,22,25H2,1-3,5,7H3/b34-23+. The highest BCUT2D eigenvalue weighted by molar-refractivity contribution is 5.82. The monoisotopic (exact) mass is 538 g/mol. The van der Waals surface area contributed by atoms with E-state index in [1.54, 1.807) is 0 Å². The maximum atomic E-state index is 4.80. The summed E-state index contributed by atoms with van der Waals surface area (Å²) in [5.41, 5.74) is 19.1. The van der Waals surface area contributed by atoms with Crippen LogP contribution in [0.3, 0.4) is 0 Å². The number of aryl methyl sites for hydroxylation is 2. The van der Waals surface area contributed by atoms with E-state index in [-0.39, 0.29) is 5.92 Å². The summed E-state index contributed by atoms with van der Waals surface area (Å²) in [5, 5.41) is 0. The first-order valence-electron chi connectivity index (χ1n) is 15.5. The number of benzene rings is 2. The van der Waals surface area contributed by atoms with Crippen molar-refractivity contribution in [1.82, 2.24) is 0 Å². The van der Waals surface area contributed by atoms with Gasteiger partial charge in [0.25, 0.3) is 0 Å². The van der Waals surface area contributed by atoms with Crippen LogP contribution < -0.4 is 0 Å². The van der Waals surface area contributed by atoms with Crippen molar-refractivity contribution in [3.63, 3.8) is 0 Å². The largest absolute Gasteiger partial charge is 0.0955 e. The molecule has 2 aromatic rings. The first kappa shape index (κ1) is 28.9. The maximum absolute atomic E-state index is 4.80. The van der Waals surface area contributed by atoms with Gasteiger partial charge in [0.15, 0.2) is 0 Å². The van der Waals surface area contributed by atoms with Crippen molar-refractivity contribution in [2.45, 2.75) is 79.1 Å². The van der Waals surface area contributed by atoms with E-state index in [9.17, 15) is 0 Å². The average molecular weight is 539 g/mol. The van der Waals surface area contributed by atoms with Crippen LogP contribution in [-0.2, 0) is 12.8 Å². The van der Waals surface area contributed by atoms with E-state index in [2.05, 4.69) is 115 Å². The number of rotatable bonds is 9. The van der Waals surface area contributed by atoms with Crippen molar-refractivity contribution in [1.29, 1.82) is 0 Å². The molecule has 0 aliphatic heterocycles. The van der Waals surface area contributed by atoms with E-state index in [0.717, 1.165) is 44.1 Å². The van der Waals surface area contributed by atoms with Gasteiger partial charge in [0.2, 0.25) is 0 Å². The van der Waals surface area contributed by atoms with Crippen LogP contribution in [0.1, 0.15) is 94.0 Å². The molecule has 2 aromatic carbocycles. The molecule has 0 spiro atoms. The third-order valence-corrected chi connectivity index (χ3v) is 9.31. The molecular weight excluding hydrogens is 492 g/mol. The Bertz CT molecular complexity index is 1570. The first-order chi connectivity index (χ1) is 19.8. The number of hydrogen-bond acceptors (Lipinski definition) is 0. The van der Waals surface area contributed by atoms with Gasteiger partial charge < -0.3 is 0 Å². The van der Waals surface area contributed by atoms with Crippen LogP contribution in [0.25, 0.3) is 11.1 Å². The van der Waals surface area contributed by atoms with E-state index >= 15 is 0 Å². The second-order valence-corrected chi connectivity index (χ2v) is 12.2. The summed E-state index contributed by atoms with van der Waals surface area (Å²) in [7, 11) is 0. The zero-order valence-corrected chi connectivity index (χ0v) is 25.9. The van der Waals surface area contributed by atoms with Gasteiger partial charge in [-0.25, -0.2) is 0 Å². The minimum atomic E-state index is 0.280. The number of fused-ring (bicyclic) bond motifs is 1. The predicted molar refractivity (Wildman–Crippen MR) is 180 cm³/mol. The molecule has 210 valence electrons. The van der Waals surface area contributed by atoms with Gasteiger partial charge in [-0.1, -0.05) is 130 Å². The molecule has 0 saturated heterocycles. The smallest absolute Gasteiger partial charge is 0.0203 e. The highest BCUT2D eigenvalue weighted by Gasteiger charge is 2.41. The SMILES string of the molecule is C=C(CCC)C1=C(C)C=C2C/C(=C\C3=CC=C(c4ccccc4C(=C)C)C3)C(=C)C2C1c1cc(CC)ccc1CC. The molecule has 3 aliphatic rings. The lowest BCUT2D eigenvalue weighted by molar-refractivity contribution is 0.613. The Hall–Kier alpha value is -3.64. The third-order valence-electron chi connectivity index (χ3n) is 9.31. The highest BCUT2D eigenvalue weighted by Crippen LogP contribution is 2.55. The molecule has 0 bridgehead atoms. The molecule has 1 saturated carbocycles. The van der Waals surface area contributed by atoms with Gasteiger partial charge in [-0.2, -0.15) is 0 Å². The lowest BCUT2D eigenvalue weighted by Gasteiger charge is -2.36. The molecule has 3 aliphatic carbocycles. The predicted octanol–water partition coefficient (Wildman–Crippen LogP) is 11.5. The Balaban J connectivity index is 1.51. The summed E-state index contributed by atoms with van der Waals surface area (Å²) in [6.07, 6.45) is 15.7. The van der Waals surface area contributed by atoms with Crippen LogP contribution in [0.2, 0.25) is 0 Å². The summed E-state index contributed by atoms with van der Waals surface area (Å²) in [6, 6.07) is 15.8. The van der Waals surface area contributed by atoms with E-state index in [1.807, 2.05) is 0 Å². The molecule has 0 nitrogen and oxygen atoms in total. The van der Waals surface area contributed by atoms with Crippen LogP contribution in [0.5, 0.6) is 0 Å². The Morgan fingerprint density at radius 3 is 2.44 bits per heavy atom. The summed E-state index contributed by atoms with van der Waals surface area (Å²) in [6.45, 7) is 24.9. The minimum absolute atomic E-state index is 0.280. The van der Waals surface area contributed by atoms with Gasteiger partial charge in [0.1, 0.15) is 0 Å². The molecule has 2 unspecified atom stereocenters. The van der Waals surface area contributed by atoms with E-state index in [0.29, 0.717) is 5.92 Å².